The number of carboxylic acid groups (broad SMARTS) is 1. The number of aliphatic hydroxyl groups is 1. The molecule has 3 aliphatic heterocycles. The normalized spacial score (nSPS) is 27.0. The zero-order chi connectivity index (χ0) is 25.2. The lowest BCUT2D eigenvalue weighted by Crippen LogP contribution is -2.60. The van der Waals surface area contributed by atoms with Crippen LogP contribution in [0.3, 0.4) is 0 Å². The van der Waals surface area contributed by atoms with Crippen LogP contribution in [0.4, 0.5) is 0 Å². The number of rotatable bonds is 7. The molecule has 1 aromatic carbocycles. The fourth-order valence-electron chi connectivity index (χ4n) is 6.80. The van der Waals surface area contributed by atoms with E-state index in [1.165, 1.54) is 24.5 Å². The molecule has 0 saturated carbocycles. The third-order valence-electron chi connectivity index (χ3n) is 8.42. The number of aliphatic carboxylic acids is 1. The summed E-state index contributed by atoms with van der Waals surface area (Å²) >= 11 is 0. The maximum Gasteiger partial charge on any atom is 0.359 e. The van der Waals surface area contributed by atoms with Crippen molar-refractivity contribution >= 4 is 22.8 Å². The minimum absolute atomic E-state index is 0.0826. The summed E-state index contributed by atoms with van der Waals surface area (Å²) in [6.07, 6.45) is 9.07. The van der Waals surface area contributed by atoms with E-state index in [-0.39, 0.29) is 11.5 Å². The fourth-order valence-corrected chi connectivity index (χ4v) is 6.80. The van der Waals surface area contributed by atoms with E-state index in [4.69, 9.17) is 9.84 Å². The Hall–Kier alpha value is -2.38. The Labute approximate surface area is 208 Å². The number of hydrogen-bond donors (Lipinski definition) is 2. The number of carboxylic acids is 1. The van der Waals surface area contributed by atoms with Gasteiger partial charge in [-0.25, -0.2) is 4.79 Å². The molecule has 0 spiro atoms. The van der Waals surface area contributed by atoms with Gasteiger partial charge in [0.25, 0.3) is 0 Å². The Morgan fingerprint density at radius 3 is 2.60 bits per heavy atom. The summed E-state index contributed by atoms with van der Waals surface area (Å²) in [5.41, 5.74) is 1.69. The van der Waals surface area contributed by atoms with Gasteiger partial charge in [0, 0.05) is 30.5 Å². The molecule has 7 heteroatoms. The van der Waals surface area contributed by atoms with Crippen molar-refractivity contribution in [2.45, 2.75) is 89.8 Å². The van der Waals surface area contributed by atoms with Crippen LogP contribution in [-0.2, 0) is 26.5 Å². The zero-order valence-corrected chi connectivity index (χ0v) is 21.4. The number of ether oxygens (including phenoxy) is 1. The Bertz CT molecular complexity index is 1080. The highest BCUT2D eigenvalue weighted by atomic mass is 16.5. The summed E-state index contributed by atoms with van der Waals surface area (Å²) in [5, 5.41) is 21.1. The second-order valence-electron chi connectivity index (χ2n) is 10.4. The van der Waals surface area contributed by atoms with Gasteiger partial charge in [0.05, 0.1) is 18.7 Å². The van der Waals surface area contributed by atoms with E-state index in [0.717, 1.165) is 69.2 Å². The van der Waals surface area contributed by atoms with Crippen LogP contribution in [0.1, 0.15) is 88.9 Å². The first-order valence-corrected chi connectivity index (χ1v) is 13.2. The lowest BCUT2D eigenvalue weighted by Gasteiger charge is -2.57. The number of benzene rings is 1. The molecule has 0 radical (unpaired) electrons. The Morgan fingerprint density at radius 2 is 1.91 bits per heavy atom. The van der Waals surface area contributed by atoms with Crippen molar-refractivity contribution in [3.05, 3.63) is 35.5 Å². The number of nitrogens with zero attached hydrogens (tertiary/aromatic N) is 2. The smallest absolute Gasteiger partial charge is 0.359 e. The number of unbranched alkanes of at least 4 members (excludes halogenated alkanes) is 3. The summed E-state index contributed by atoms with van der Waals surface area (Å²) in [6, 6.07) is 8.45. The highest BCUT2D eigenvalue weighted by molar-refractivity contribution is 5.90. The van der Waals surface area contributed by atoms with Crippen LogP contribution in [0.5, 0.6) is 0 Å². The van der Waals surface area contributed by atoms with Crippen LogP contribution >= 0.6 is 0 Å². The summed E-state index contributed by atoms with van der Waals surface area (Å²) in [6.45, 7) is 6.47. The predicted octanol–water partition coefficient (Wildman–Crippen LogP) is 4.99. The van der Waals surface area contributed by atoms with Gasteiger partial charge in [0.15, 0.2) is 0 Å². The fraction of sp³-hybridized carbons (Fsp3) is 0.643. The molecule has 3 atom stereocenters. The molecule has 0 aliphatic carbocycles. The number of piperidine rings is 1. The second kappa shape index (κ2) is 10.3. The van der Waals surface area contributed by atoms with Gasteiger partial charge in [0.1, 0.15) is 0 Å². The molecule has 1 fully saturated rings. The lowest BCUT2D eigenvalue weighted by atomic mass is 9.62. The quantitative estimate of drug-likeness (QED) is 0.425. The molecule has 5 rings (SSSR count). The van der Waals surface area contributed by atoms with Crippen molar-refractivity contribution in [2.24, 2.45) is 5.41 Å². The summed E-state index contributed by atoms with van der Waals surface area (Å²) in [7, 11) is 1.37. The third-order valence-corrected chi connectivity index (χ3v) is 8.42. The van der Waals surface area contributed by atoms with Crippen molar-refractivity contribution in [3.8, 4) is 0 Å². The molecule has 4 heterocycles. The molecule has 7 nitrogen and oxygen atoms in total. The molecular formula is C28H40N2O5. The largest absolute Gasteiger partial charge is 0.481 e. The van der Waals surface area contributed by atoms with Crippen molar-refractivity contribution in [1.29, 1.82) is 0 Å². The number of aromatic nitrogens is 1. The van der Waals surface area contributed by atoms with E-state index in [0.29, 0.717) is 12.8 Å². The van der Waals surface area contributed by atoms with E-state index in [1.54, 1.807) is 0 Å². The minimum atomic E-state index is -1.63. The second-order valence-corrected chi connectivity index (χ2v) is 10.4. The van der Waals surface area contributed by atoms with E-state index in [2.05, 4.69) is 24.8 Å². The lowest BCUT2D eigenvalue weighted by molar-refractivity contribution is -0.194. The van der Waals surface area contributed by atoms with Crippen LogP contribution in [0.15, 0.2) is 24.3 Å². The highest BCUT2D eigenvalue weighted by Gasteiger charge is 2.60. The molecule has 0 bridgehead atoms. The summed E-state index contributed by atoms with van der Waals surface area (Å²) in [5.74, 6) is -1.22. The van der Waals surface area contributed by atoms with Crippen LogP contribution in [0.2, 0.25) is 0 Å². The van der Waals surface area contributed by atoms with Crippen molar-refractivity contribution in [1.82, 2.24) is 9.47 Å². The minimum Gasteiger partial charge on any atom is -0.481 e. The maximum atomic E-state index is 12.8. The first-order chi connectivity index (χ1) is 16.8. The first kappa shape index (κ1) is 25.7. The monoisotopic (exact) mass is 484 g/mol. The van der Waals surface area contributed by atoms with Crippen molar-refractivity contribution in [2.75, 3.05) is 20.2 Å². The molecule has 35 heavy (non-hydrogen) atoms. The number of hydrogen-bond acceptors (Lipinski definition) is 5. The van der Waals surface area contributed by atoms with E-state index >= 15 is 0 Å². The van der Waals surface area contributed by atoms with E-state index in [9.17, 15) is 14.7 Å². The van der Waals surface area contributed by atoms with E-state index < -0.39 is 17.7 Å². The van der Waals surface area contributed by atoms with Gasteiger partial charge >= 0.3 is 11.9 Å². The van der Waals surface area contributed by atoms with Gasteiger partial charge < -0.3 is 19.5 Å². The zero-order valence-electron chi connectivity index (χ0n) is 21.4. The van der Waals surface area contributed by atoms with Gasteiger partial charge in [-0.15, -0.1) is 0 Å². The molecule has 2 aromatic rings. The number of esters is 1. The van der Waals surface area contributed by atoms with Gasteiger partial charge in [-0.05, 0) is 55.7 Å². The predicted molar refractivity (Wildman–Crippen MR) is 135 cm³/mol. The van der Waals surface area contributed by atoms with Crippen molar-refractivity contribution < 1.29 is 24.5 Å². The van der Waals surface area contributed by atoms with Crippen LogP contribution in [0, 0.1) is 5.41 Å². The Morgan fingerprint density at radius 1 is 1.14 bits per heavy atom. The van der Waals surface area contributed by atoms with E-state index in [1.807, 2.05) is 22.8 Å². The van der Waals surface area contributed by atoms with Gasteiger partial charge in [-0.3, -0.25) is 9.69 Å². The van der Waals surface area contributed by atoms with Crippen molar-refractivity contribution in [3.63, 3.8) is 0 Å². The molecule has 2 N–H and O–H groups in total. The number of carbonyl (C=O) groups is 2. The van der Waals surface area contributed by atoms with Gasteiger partial charge in [-0.2, -0.15) is 0 Å². The number of fused-ring (bicyclic) bond motifs is 3. The standard InChI is InChI=1S/C21H26N2O3.C7H14O2/c1-3-20-10-6-11-22-12-9-15-14-7-4-5-8-16(14)23(17(15)18(20)22)21(25,13-20)19(24)26-2;1-2-3-4-5-6-7(8)9/h4-5,7-8,18,25H,3,6,9-13H2,1-2H3;2-6H2,1H3,(H,8,9)/t18-,20+,21+;/m1./s1. The van der Waals surface area contributed by atoms with Gasteiger partial charge in [0.2, 0.25) is 5.72 Å². The highest BCUT2D eigenvalue weighted by Crippen LogP contribution is 2.60. The van der Waals surface area contributed by atoms with Crippen LogP contribution in [-0.4, -0.2) is 51.8 Å². The molecular weight excluding hydrogens is 444 g/mol. The van der Waals surface area contributed by atoms with Crippen LogP contribution in [0.25, 0.3) is 10.9 Å². The summed E-state index contributed by atoms with van der Waals surface area (Å²) in [4.78, 5) is 25.4. The number of carbonyl (C=O) groups excluding carboxylic acids is 1. The first-order valence-electron chi connectivity index (χ1n) is 13.2. The molecule has 3 aliphatic rings. The molecule has 0 unspecified atom stereocenters. The average Bonchev–Trinajstić information content (AvgIpc) is 3.21. The molecule has 1 saturated heterocycles. The van der Waals surface area contributed by atoms with Crippen LogP contribution < -0.4 is 0 Å². The molecule has 192 valence electrons. The maximum absolute atomic E-state index is 12.8. The Balaban J connectivity index is 0.000000277. The summed E-state index contributed by atoms with van der Waals surface area (Å²) < 4.78 is 7.01. The number of para-hydroxylation sites is 1. The molecule has 0 amide bonds. The SMILES string of the molecule is CCCCCCC(=O)O.CC[C@]12CCCN3CCc4c(n(c5ccccc45)[C@@](O)(C(=O)OC)C1)[C@@H]32. The van der Waals surface area contributed by atoms with Gasteiger partial charge in [-0.1, -0.05) is 51.3 Å². The molecule has 1 aromatic heterocycles. The third kappa shape index (κ3) is 4.38. The number of methoxy groups -OCH3 is 1. The average molecular weight is 485 g/mol. The Kier molecular flexibility index (Phi) is 7.57. The topological polar surface area (TPSA) is 92.0 Å².